The zero-order valence-electron chi connectivity index (χ0n) is 18.8. The molecule has 0 bridgehead atoms. The van der Waals surface area contributed by atoms with Crippen LogP contribution in [-0.4, -0.2) is 81.9 Å². The first-order chi connectivity index (χ1) is 15.7. The lowest BCUT2D eigenvalue weighted by atomic mass is 10.1. The van der Waals surface area contributed by atoms with Crippen LogP contribution in [-0.2, 0) is 17.8 Å². The number of aromatic nitrogens is 2. The SMILES string of the molecule is O=C(CN1CCN(C(=O)c2nc(-c3ccccc3)n3c2CCCCC3)CC1)N1CCCC1. The number of imidazole rings is 1. The fourth-order valence-electron chi connectivity index (χ4n) is 5.22. The van der Waals surface area contributed by atoms with Crippen LogP contribution in [0.25, 0.3) is 11.4 Å². The van der Waals surface area contributed by atoms with Crippen molar-refractivity contribution in [1.82, 2.24) is 24.3 Å². The predicted octanol–water partition coefficient (Wildman–Crippen LogP) is 2.66. The van der Waals surface area contributed by atoms with E-state index in [0.717, 1.165) is 81.9 Å². The average molecular weight is 436 g/mol. The predicted molar refractivity (Wildman–Crippen MR) is 123 cm³/mol. The van der Waals surface area contributed by atoms with E-state index in [1.54, 1.807) is 0 Å². The molecule has 2 fully saturated rings. The van der Waals surface area contributed by atoms with E-state index >= 15 is 0 Å². The van der Waals surface area contributed by atoms with E-state index in [4.69, 9.17) is 4.98 Å². The Bertz CT molecular complexity index is 956. The van der Waals surface area contributed by atoms with E-state index in [-0.39, 0.29) is 11.8 Å². The summed E-state index contributed by atoms with van der Waals surface area (Å²) in [6.45, 7) is 5.98. The Morgan fingerprint density at radius 1 is 0.781 bits per heavy atom. The van der Waals surface area contributed by atoms with Crippen LogP contribution >= 0.6 is 0 Å². The summed E-state index contributed by atoms with van der Waals surface area (Å²) in [6, 6.07) is 10.2. The summed E-state index contributed by atoms with van der Waals surface area (Å²) in [5.41, 5.74) is 2.80. The molecular weight excluding hydrogens is 402 g/mol. The molecule has 0 N–H and O–H groups in total. The molecule has 7 nitrogen and oxygen atoms in total. The highest BCUT2D eigenvalue weighted by Gasteiger charge is 2.30. The third-order valence-corrected chi connectivity index (χ3v) is 7.08. The molecule has 5 rings (SSSR count). The number of piperazine rings is 1. The first-order valence-electron chi connectivity index (χ1n) is 12.1. The molecule has 2 aromatic rings. The number of likely N-dealkylation sites (tertiary alicyclic amines) is 1. The van der Waals surface area contributed by atoms with Gasteiger partial charge in [0, 0.05) is 51.4 Å². The molecule has 0 saturated carbocycles. The maximum Gasteiger partial charge on any atom is 0.274 e. The van der Waals surface area contributed by atoms with Crippen molar-refractivity contribution in [2.24, 2.45) is 0 Å². The van der Waals surface area contributed by atoms with Gasteiger partial charge in [0.1, 0.15) is 11.5 Å². The lowest BCUT2D eigenvalue weighted by molar-refractivity contribution is -0.131. The molecule has 32 heavy (non-hydrogen) atoms. The molecule has 7 heteroatoms. The molecule has 1 aromatic carbocycles. The summed E-state index contributed by atoms with van der Waals surface area (Å²) >= 11 is 0. The van der Waals surface area contributed by atoms with E-state index in [1.807, 2.05) is 28.0 Å². The van der Waals surface area contributed by atoms with Gasteiger partial charge in [-0.3, -0.25) is 14.5 Å². The Morgan fingerprint density at radius 2 is 1.50 bits per heavy atom. The van der Waals surface area contributed by atoms with Crippen molar-refractivity contribution in [2.75, 3.05) is 45.8 Å². The zero-order chi connectivity index (χ0) is 21.9. The lowest BCUT2D eigenvalue weighted by Crippen LogP contribution is -2.51. The molecule has 0 atom stereocenters. The van der Waals surface area contributed by atoms with Crippen molar-refractivity contribution < 1.29 is 9.59 Å². The maximum absolute atomic E-state index is 13.5. The van der Waals surface area contributed by atoms with Crippen molar-refractivity contribution in [3.05, 3.63) is 41.7 Å². The van der Waals surface area contributed by atoms with E-state index in [1.165, 1.54) is 6.42 Å². The molecule has 170 valence electrons. The second kappa shape index (κ2) is 9.45. The summed E-state index contributed by atoms with van der Waals surface area (Å²) in [5.74, 6) is 1.19. The van der Waals surface area contributed by atoms with Gasteiger partial charge in [0.05, 0.1) is 12.2 Å². The lowest BCUT2D eigenvalue weighted by Gasteiger charge is -2.34. The van der Waals surface area contributed by atoms with Crippen LogP contribution in [0.3, 0.4) is 0 Å². The highest BCUT2D eigenvalue weighted by molar-refractivity contribution is 5.94. The van der Waals surface area contributed by atoms with Gasteiger partial charge in [-0.1, -0.05) is 36.8 Å². The summed E-state index contributed by atoms with van der Waals surface area (Å²) < 4.78 is 2.28. The molecule has 1 aromatic heterocycles. The molecule has 0 radical (unpaired) electrons. The number of rotatable bonds is 4. The number of nitrogens with zero attached hydrogens (tertiary/aromatic N) is 5. The largest absolute Gasteiger partial charge is 0.342 e. The first-order valence-corrected chi connectivity index (χ1v) is 12.1. The molecular formula is C25H33N5O2. The number of hydrogen-bond acceptors (Lipinski definition) is 4. The minimum Gasteiger partial charge on any atom is -0.342 e. The maximum atomic E-state index is 13.5. The van der Waals surface area contributed by atoms with Gasteiger partial charge < -0.3 is 14.4 Å². The number of amides is 2. The number of hydrogen-bond donors (Lipinski definition) is 0. The van der Waals surface area contributed by atoms with Crippen LogP contribution in [0.4, 0.5) is 0 Å². The highest BCUT2D eigenvalue weighted by Crippen LogP contribution is 2.28. The van der Waals surface area contributed by atoms with Crippen molar-refractivity contribution >= 4 is 11.8 Å². The van der Waals surface area contributed by atoms with Crippen LogP contribution in [0.1, 0.15) is 48.3 Å². The standard InChI is InChI=1S/C25H33N5O2/c31-22(28-12-7-8-13-28)19-27-15-17-29(18-16-27)25(32)23-21-11-5-2-6-14-30(21)24(26-23)20-9-3-1-4-10-20/h1,3-4,9-10H,2,5-8,11-19H2. The fraction of sp³-hybridized carbons (Fsp3) is 0.560. The Hall–Kier alpha value is -2.67. The highest BCUT2D eigenvalue weighted by atomic mass is 16.2. The third kappa shape index (κ3) is 4.31. The Kier molecular flexibility index (Phi) is 6.26. The Labute approximate surface area is 190 Å². The van der Waals surface area contributed by atoms with Gasteiger partial charge in [-0.05, 0) is 32.1 Å². The van der Waals surface area contributed by atoms with Gasteiger partial charge in [-0.2, -0.15) is 0 Å². The third-order valence-electron chi connectivity index (χ3n) is 7.08. The molecule has 0 unspecified atom stereocenters. The van der Waals surface area contributed by atoms with Gasteiger partial charge >= 0.3 is 0 Å². The number of benzene rings is 1. The molecule has 0 spiro atoms. The summed E-state index contributed by atoms with van der Waals surface area (Å²) in [6.07, 6.45) is 6.56. The van der Waals surface area contributed by atoms with Crippen LogP contribution in [0.15, 0.2) is 30.3 Å². The summed E-state index contributed by atoms with van der Waals surface area (Å²) in [4.78, 5) is 37.0. The van der Waals surface area contributed by atoms with Crippen molar-refractivity contribution in [2.45, 2.75) is 45.1 Å². The second-order valence-corrected chi connectivity index (χ2v) is 9.22. The number of carbonyl (C=O) groups is 2. The van der Waals surface area contributed by atoms with Crippen LogP contribution in [0.5, 0.6) is 0 Å². The molecule has 0 aliphatic carbocycles. The smallest absolute Gasteiger partial charge is 0.274 e. The molecule has 3 aliphatic heterocycles. The van der Waals surface area contributed by atoms with Crippen LogP contribution in [0.2, 0.25) is 0 Å². The molecule has 3 aliphatic rings. The Morgan fingerprint density at radius 3 is 2.25 bits per heavy atom. The van der Waals surface area contributed by atoms with Crippen LogP contribution in [0, 0.1) is 0 Å². The second-order valence-electron chi connectivity index (χ2n) is 9.22. The quantitative estimate of drug-likeness (QED) is 0.741. The monoisotopic (exact) mass is 435 g/mol. The normalized spacial score (nSPS) is 19.6. The average Bonchev–Trinajstić information content (AvgIpc) is 3.43. The number of carbonyl (C=O) groups excluding carboxylic acids is 2. The van der Waals surface area contributed by atoms with Gasteiger partial charge in [-0.15, -0.1) is 0 Å². The number of fused-ring (bicyclic) bond motifs is 1. The first kappa shape index (κ1) is 21.2. The van der Waals surface area contributed by atoms with E-state index in [2.05, 4.69) is 21.6 Å². The van der Waals surface area contributed by atoms with Crippen molar-refractivity contribution in [3.63, 3.8) is 0 Å². The zero-order valence-corrected chi connectivity index (χ0v) is 18.8. The van der Waals surface area contributed by atoms with Gasteiger partial charge in [-0.25, -0.2) is 4.98 Å². The van der Waals surface area contributed by atoms with Gasteiger partial charge in [0.25, 0.3) is 5.91 Å². The molecule has 4 heterocycles. The topological polar surface area (TPSA) is 61.7 Å². The molecule has 2 amide bonds. The van der Waals surface area contributed by atoms with Crippen molar-refractivity contribution in [3.8, 4) is 11.4 Å². The van der Waals surface area contributed by atoms with E-state index < -0.39 is 0 Å². The molecule has 2 saturated heterocycles. The van der Waals surface area contributed by atoms with Gasteiger partial charge in [0.15, 0.2) is 0 Å². The minimum absolute atomic E-state index is 0.0448. The van der Waals surface area contributed by atoms with Gasteiger partial charge in [0.2, 0.25) is 5.91 Å². The Balaban J connectivity index is 1.29. The minimum atomic E-state index is 0.0448. The summed E-state index contributed by atoms with van der Waals surface area (Å²) in [7, 11) is 0. The van der Waals surface area contributed by atoms with E-state index in [9.17, 15) is 9.59 Å². The summed E-state index contributed by atoms with van der Waals surface area (Å²) in [5, 5.41) is 0. The fourth-order valence-corrected chi connectivity index (χ4v) is 5.22. The van der Waals surface area contributed by atoms with E-state index in [0.29, 0.717) is 25.3 Å². The van der Waals surface area contributed by atoms with Crippen LogP contribution < -0.4 is 0 Å². The van der Waals surface area contributed by atoms with Crippen molar-refractivity contribution in [1.29, 1.82) is 0 Å².